The Morgan fingerprint density at radius 1 is 1.23 bits per heavy atom. The number of rotatable bonds is 7. The topological polar surface area (TPSA) is 41.1 Å². The standard InChI is InChI=1S/C20H26F2N4/c1-2-23-20-24-11-16(12-25-20)14-26-9-3-4-15(13-26)5-6-17-7-8-18(21)10-19(17)22/h7-8,10-12,15H,2-6,9,13-14H2,1H3,(H,23,24,25)/t15-/m1/s1. The molecule has 1 aliphatic heterocycles. The second-order valence-corrected chi connectivity index (χ2v) is 6.96. The van der Waals surface area contributed by atoms with Crippen molar-refractivity contribution in [3.05, 3.63) is 53.4 Å². The molecule has 3 rings (SSSR count). The Kier molecular flexibility index (Phi) is 6.50. The van der Waals surface area contributed by atoms with Crippen molar-refractivity contribution in [2.75, 3.05) is 25.0 Å². The molecule has 1 atom stereocenters. The Balaban J connectivity index is 1.50. The smallest absolute Gasteiger partial charge is 0.222 e. The minimum atomic E-state index is -0.516. The molecule has 0 amide bonds. The van der Waals surface area contributed by atoms with Crippen LogP contribution < -0.4 is 5.32 Å². The Hall–Kier alpha value is -2.08. The highest BCUT2D eigenvalue weighted by Gasteiger charge is 2.20. The molecule has 140 valence electrons. The van der Waals surface area contributed by atoms with E-state index < -0.39 is 11.6 Å². The zero-order chi connectivity index (χ0) is 18.4. The fraction of sp³-hybridized carbons (Fsp3) is 0.500. The van der Waals surface area contributed by atoms with E-state index >= 15 is 0 Å². The molecule has 0 unspecified atom stereocenters. The predicted molar refractivity (Wildman–Crippen MR) is 98.9 cm³/mol. The van der Waals surface area contributed by atoms with Gasteiger partial charge < -0.3 is 5.32 Å². The number of halogens is 2. The van der Waals surface area contributed by atoms with E-state index in [1.807, 2.05) is 19.3 Å². The molecule has 1 fully saturated rings. The number of aryl methyl sites for hydroxylation is 1. The number of likely N-dealkylation sites (tertiary alicyclic amines) is 1. The third kappa shape index (κ3) is 5.21. The lowest BCUT2D eigenvalue weighted by Crippen LogP contribution is -2.35. The minimum Gasteiger partial charge on any atom is -0.355 e. The molecule has 2 aromatic rings. The van der Waals surface area contributed by atoms with Crippen molar-refractivity contribution in [2.45, 2.75) is 39.2 Å². The highest BCUT2D eigenvalue weighted by molar-refractivity contribution is 5.24. The summed E-state index contributed by atoms with van der Waals surface area (Å²) in [5.41, 5.74) is 1.72. The summed E-state index contributed by atoms with van der Waals surface area (Å²) in [5, 5.41) is 3.10. The lowest BCUT2D eigenvalue weighted by Gasteiger charge is -2.32. The average Bonchev–Trinajstić information content (AvgIpc) is 2.63. The lowest BCUT2D eigenvalue weighted by molar-refractivity contribution is 0.161. The van der Waals surface area contributed by atoms with Gasteiger partial charge in [-0.05, 0) is 56.7 Å². The number of hydrogen-bond donors (Lipinski definition) is 1. The summed E-state index contributed by atoms with van der Waals surface area (Å²) in [6, 6.07) is 3.87. The first kappa shape index (κ1) is 18.7. The molecule has 4 nitrogen and oxygen atoms in total. The van der Waals surface area contributed by atoms with Crippen molar-refractivity contribution >= 4 is 5.95 Å². The number of piperidine rings is 1. The first-order valence-electron chi connectivity index (χ1n) is 9.35. The van der Waals surface area contributed by atoms with Crippen LogP contribution >= 0.6 is 0 Å². The molecule has 0 bridgehead atoms. The highest BCUT2D eigenvalue weighted by Crippen LogP contribution is 2.23. The van der Waals surface area contributed by atoms with Crippen LogP contribution in [0.2, 0.25) is 0 Å². The van der Waals surface area contributed by atoms with E-state index in [0.29, 0.717) is 23.9 Å². The molecule has 0 spiro atoms. The van der Waals surface area contributed by atoms with Crippen LogP contribution in [0.25, 0.3) is 0 Å². The second-order valence-electron chi connectivity index (χ2n) is 6.96. The first-order chi connectivity index (χ1) is 12.6. The van der Waals surface area contributed by atoms with Gasteiger partial charge in [0.25, 0.3) is 0 Å². The number of aromatic nitrogens is 2. The molecule has 1 saturated heterocycles. The fourth-order valence-corrected chi connectivity index (χ4v) is 3.56. The van der Waals surface area contributed by atoms with Crippen LogP contribution in [0.5, 0.6) is 0 Å². The normalized spacial score (nSPS) is 18.0. The van der Waals surface area contributed by atoms with Crippen molar-refractivity contribution in [3.8, 4) is 0 Å². The van der Waals surface area contributed by atoms with Gasteiger partial charge in [0.2, 0.25) is 5.95 Å². The van der Waals surface area contributed by atoms with Crippen LogP contribution in [0.4, 0.5) is 14.7 Å². The molecular formula is C20H26F2N4. The zero-order valence-electron chi connectivity index (χ0n) is 15.2. The minimum absolute atomic E-state index is 0.435. The van der Waals surface area contributed by atoms with Crippen molar-refractivity contribution < 1.29 is 8.78 Å². The van der Waals surface area contributed by atoms with Crippen LogP contribution in [-0.2, 0) is 13.0 Å². The van der Waals surface area contributed by atoms with Crippen molar-refractivity contribution in [2.24, 2.45) is 5.92 Å². The summed E-state index contributed by atoms with van der Waals surface area (Å²) < 4.78 is 26.8. The van der Waals surface area contributed by atoms with Gasteiger partial charge in [-0.15, -0.1) is 0 Å². The summed E-state index contributed by atoms with van der Waals surface area (Å²) in [7, 11) is 0. The summed E-state index contributed by atoms with van der Waals surface area (Å²) in [5.74, 6) is 0.248. The first-order valence-corrected chi connectivity index (χ1v) is 9.35. The average molecular weight is 360 g/mol. The predicted octanol–water partition coefficient (Wildman–Crippen LogP) is 4.03. The maximum atomic E-state index is 13.8. The van der Waals surface area contributed by atoms with E-state index in [0.717, 1.165) is 57.1 Å². The highest BCUT2D eigenvalue weighted by atomic mass is 19.1. The van der Waals surface area contributed by atoms with Crippen LogP contribution in [0, 0.1) is 17.6 Å². The van der Waals surface area contributed by atoms with Crippen molar-refractivity contribution in [3.63, 3.8) is 0 Å². The number of anilines is 1. The molecule has 0 aliphatic carbocycles. The van der Waals surface area contributed by atoms with Gasteiger partial charge >= 0.3 is 0 Å². The Morgan fingerprint density at radius 3 is 2.77 bits per heavy atom. The summed E-state index contributed by atoms with van der Waals surface area (Å²) in [6.07, 6.45) is 7.65. The number of nitrogens with zero attached hydrogens (tertiary/aromatic N) is 3. The monoisotopic (exact) mass is 360 g/mol. The Bertz CT molecular complexity index is 705. The third-order valence-corrected chi connectivity index (χ3v) is 4.89. The molecule has 1 aromatic carbocycles. The summed E-state index contributed by atoms with van der Waals surface area (Å²) in [6.45, 7) is 5.73. The second kappa shape index (κ2) is 9.03. The largest absolute Gasteiger partial charge is 0.355 e. The van der Waals surface area contributed by atoms with E-state index in [1.165, 1.54) is 6.07 Å². The molecule has 2 heterocycles. The molecular weight excluding hydrogens is 334 g/mol. The van der Waals surface area contributed by atoms with E-state index in [-0.39, 0.29) is 0 Å². The fourth-order valence-electron chi connectivity index (χ4n) is 3.56. The molecule has 1 aliphatic rings. The third-order valence-electron chi connectivity index (χ3n) is 4.89. The quantitative estimate of drug-likeness (QED) is 0.809. The number of benzene rings is 1. The lowest BCUT2D eigenvalue weighted by atomic mass is 9.91. The molecule has 0 radical (unpaired) electrons. The van der Waals surface area contributed by atoms with Crippen LogP contribution in [-0.4, -0.2) is 34.5 Å². The van der Waals surface area contributed by atoms with Crippen LogP contribution in [0.1, 0.15) is 37.3 Å². The van der Waals surface area contributed by atoms with E-state index in [1.54, 1.807) is 6.07 Å². The summed E-state index contributed by atoms with van der Waals surface area (Å²) >= 11 is 0. The molecule has 6 heteroatoms. The van der Waals surface area contributed by atoms with E-state index in [4.69, 9.17) is 0 Å². The van der Waals surface area contributed by atoms with Gasteiger partial charge in [-0.25, -0.2) is 18.7 Å². The van der Waals surface area contributed by atoms with Crippen LogP contribution in [0.15, 0.2) is 30.6 Å². The Morgan fingerprint density at radius 2 is 2.04 bits per heavy atom. The molecule has 1 N–H and O–H groups in total. The molecule has 1 aromatic heterocycles. The van der Waals surface area contributed by atoms with E-state index in [9.17, 15) is 8.78 Å². The maximum Gasteiger partial charge on any atom is 0.222 e. The van der Waals surface area contributed by atoms with Gasteiger partial charge in [0.05, 0.1) is 0 Å². The zero-order valence-corrected chi connectivity index (χ0v) is 15.2. The maximum absolute atomic E-state index is 13.8. The number of hydrogen-bond acceptors (Lipinski definition) is 4. The van der Waals surface area contributed by atoms with Crippen molar-refractivity contribution in [1.29, 1.82) is 0 Å². The van der Waals surface area contributed by atoms with Gasteiger partial charge in [-0.2, -0.15) is 0 Å². The molecule has 0 saturated carbocycles. The van der Waals surface area contributed by atoms with Gasteiger partial charge in [-0.3, -0.25) is 4.90 Å². The van der Waals surface area contributed by atoms with Gasteiger partial charge in [0.15, 0.2) is 0 Å². The van der Waals surface area contributed by atoms with Gasteiger partial charge in [0, 0.05) is 43.7 Å². The van der Waals surface area contributed by atoms with E-state index in [2.05, 4.69) is 20.2 Å². The summed E-state index contributed by atoms with van der Waals surface area (Å²) in [4.78, 5) is 11.1. The van der Waals surface area contributed by atoms with Crippen LogP contribution in [0.3, 0.4) is 0 Å². The Labute approximate surface area is 153 Å². The SMILES string of the molecule is CCNc1ncc(CN2CCC[C@H](CCc3ccc(F)cc3F)C2)cn1. The molecule has 26 heavy (non-hydrogen) atoms. The van der Waals surface area contributed by atoms with Crippen molar-refractivity contribution in [1.82, 2.24) is 14.9 Å². The number of nitrogens with one attached hydrogen (secondary N) is 1. The van der Waals surface area contributed by atoms with Gasteiger partial charge in [-0.1, -0.05) is 6.07 Å². The van der Waals surface area contributed by atoms with Gasteiger partial charge in [0.1, 0.15) is 11.6 Å².